The second-order valence-electron chi connectivity index (χ2n) is 16.4. The number of aryl methyl sites for hydroxylation is 4. The monoisotopic (exact) mass is 926 g/mol. The van der Waals surface area contributed by atoms with Crippen molar-refractivity contribution in [2.24, 2.45) is 0 Å². The van der Waals surface area contributed by atoms with Crippen molar-refractivity contribution in [3.8, 4) is 23.0 Å². The lowest BCUT2D eigenvalue weighted by Crippen LogP contribution is -2.30. The van der Waals surface area contributed by atoms with Crippen LogP contribution in [0.3, 0.4) is 0 Å². The second kappa shape index (κ2) is 18.7. The van der Waals surface area contributed by atoms with Gasteiger partial charge in [0.1, 0.15) is 34.8 Å². The van der Waals surface area contributed by atoms with Gasteiger partial charge in [-0.05, 0) is 110 Å². The summed E-state index contributed by atoms with van der Waals surface area (Å²) in [5.74, 6) is 3.04. The van der Waals surface area contributed by atoms with E-state index in [1.807, 2.05) is 125 Å². The van der Waals surface area contributed by atoms with Crippen LogP contribution in [-0.2, 0) is 20.0 Å². The highest BCUT2D eigenvalue weighted by Gasteiger charge is 2.31. The molecule has 8 aromatic rings. The molecule has 6 aromatic carbocycles. The minimum absolute atomic E-state index is 0.110. The Labute approximate surface area is 384 Å². The van der Waals surface area contributed by atoms with Gasteiger partial charge in [0.15, 0.2) is 23.0 Å². The summed E-state index contributed by atoms with van der Waals surface area (Å²) in [5.41, 5.74) is 7.05. The quantitative estimate of drug-likeness (QED) is 0.135. The predicted octanol–water partition coefficient (Wildman–Crippen LogP) is 10.6. The third-order valence-electron chi connectivity index (χ3n) is 11.7. The van der Waals surface area contributed by atoms with Gasteiger partial charge in [0.25, 0.3) is 0 Å². The highest BCUT2D eigenvalue weighted by atomic mass is 32.2. The maximum atomic E-state index is 13.5. The lowest BCUT2D eigenvalue weighted by Gasteiger charge is -2.21. The second-order valence-corrected chi connectivity index (χ2v) is 19.8. The molecule has 2 aliphatic rings. The average molecular weight is 927 g/mol. The van der Waals surface area contributed by atoms with Gasteiger partial charge in [-0.1, -0.05) is 72.8 Å². The molecule has 2 N–H and O–H groups in total. The van der Waals surface area contributed by atoms with E-state index in [0.29, 0.717) is 72.1 Å². The number of hydrogen-bond donors (Lipinski definition) is 2. The lowest BCUT2D eigenvalue weighted by molar-refractivity contribution is 0.296. The molecular weight excluding hydrogens is 877 g/mol. The Hall–Kier alpha value is -6.58. The van der Waals surface area contributed by atoms with E-state index in [9.17, 15) is 16.8 Å². The van der Waals surface area contributed by atoms with Crippen LogP contribution in [0.1, 0.15) is 69.8 Å². The third-order valence-corrected chi connectivity index (χ3v) is 14.6. The Balaban J connectivity index is 0.000000166. The number of nitrogens with one attached hydrogen (secondary N) is 2. The summed E-state index contributed by atoms with van der Waals surface area (Å²) in [4.78, 5) is 0.221. The molecular formula is C52H50N2O10S2. The molecule has 340 valence electrons. The van der Waals surface area contributed by atoms with Gasteiger partial charge in [-0.15, -0.1) is 0 Å². The fourth-order valence-electron chi connectivity index (χ4n) is 8.44. The topological polar surface area (TPSA) is 156 Å². The molecule has 10 rings (SSSR count). The summed E-state index contributed by atoms with van der Waals surface area (Å²) in [6, 6.07) is 38.9. The minimum Gasteiger partial charge on any atom is -0.490 e. The number of fused-ring (bicyclic) bond motifs is 4. The zero-order valence-electron chi connectivity index (χ0n) is 37.0. The smallest absolute Gasteiger partial charge is 0.241 e. The molecule has 2 atom stereocenters. The molecule has 0 fully saturated rings. The normalized spacial score (nSPS) is 14.7. The minimum atomic E-state index is -3.92. The van der Waals surface area contributed by atoms with Crippen molar-refractivity contribution in [2.45, 2.75) is 62.4 Å². The van der Waals surface area contributed by atoms with Crippen molar-refractivity contribution in [2.75, 3.05) is 26.4 Å². The summed E-state index contributed by atoms with van der Waals surface area (Å²) in [6.45, 7) is 9.93. The molecule has 12 nitrogen and oxygen atoms in total. The lowest BCUT2D eigenvalue weighted by atomic mass is 9.95. The van der Waals surface area contributed by atoms with E-state index >= 15 is 0 Å². The highest BCUT2D eigenvalue weighted by Crippen LogP contribution is 2.38. The number of sulfonamides is 2. The van der Waals surface area contributed by atoms with Gasteiger partial charge in [0.05, 0.1) is 36.2 Å². The number of ether oxygens (including phenoxy) is 4. The Kier molecular flexibility index (Phi) is 12.7. The summed E-state index contributed by atoms with van der Waals surface area (Å²) in [5, 5.41) is 1.83. The number of benzene rings is 6. The Morgan fingerprint density at radius 3 is 1.17 bits per heavy atom. The summed E-state index contributed by atoms with van der Waals surface area (Å²) >= 11 is 0. The molecule has 0 radical (unpaired) electrons. The molecule has 66 heavy (non-hydrogen) atoms. The number of rotatable bonds is 10. The van der Waals surface area contributed by atoms with Crippen molar-refractivity contribution in [3.63, 3.8) is 0 Å². The van der Waals surface area contributed by atoms with Crippen molar-refractivity contribution in [1.82, 2.24) is 9.44 Å². The summed E-state index contributed by atoms with van der Waals surface area (Å²) < 4.78 is 94.9. The van der Waals surface area contributed by atoms with E-state index in [2.05, 4.69) is 9.44 Å². The van der Waals surface area contributed by atoms with Crippen LogP contribution in [-0.4, -0.2) is 43.3 Å². The van der Waals surface area contributed by atoms with Crippen molar-refractivity contribution in [3.05, 3.63) is 178 Å². The van der Waals surface area contributed by atoms with E-state index in [1.54, 1.807) is 12.1 Å². The molecule has 0 amide bonds. The summed E-state index contributed by atoms with van der Waals surface area (Å²) in [7, 11) is -7.84. The highest BCUT2D eigenvalue weighted by molar-refractivity contribution is 7.89. The maximum absolute atomic E-state index is 13.5. The first-order valence-corrected chi connectivity index (χ1v) is 24.7. The van der Waals surface area contributed by atoms with Crippen molar-refractivity contribution < 1.29 is 44.6 Å². The zero-order chi connectivity index (χ0) is 46.0. The predicted molar refractivity (Wildman–Crippen MR) is 253 cm³/mol. The molecule has 0 aliphatic carbocycles. The molecule has 2 aliphatic heterocycles. The van der Waals surface area contributed by atoms with Crippen LogP contribution >= 0.6 is 0 Å². The first-order chi connectivity index (χ1) is 31.8. The molecule has 0 bridgehead atoms. The maximum Gasteiger partial charge on any atom is 0.241 e. The van der Waals surface area contributed by atoms with Crippen LogP contribution in [0, 0.1) is 27.7 Å². The first-order valence-electron chi connectivity index (χ1n) is 21.8. The molecule has 0 saturated carbocycles. The largest absolute Gasteiger partial charge is 0.490 e. The van der Waals surface area contributed by atoms with E-state index in [0.717, 1.165) is 57.0 Å². The van der Waals surface area contributed by atoms with Crippen LogP contribution in [0.4, 0.5) is 0 Å². The van der Waals surface area contributed by atoms with Gasteiger partial charge < -0.3 is 27.8 Å². The Morgan fingerprint density at radius 1 is 0.424 bits per heavy atom. The third kappa shape index (κ3) is 9.40. The van der Waals surface area contributed by atoms with Crippen LogP contribution in [0.5, 0.6) is 23.0 Å². The van der Waals surface area contributed by atoms with Crippen molar-refractivity contribution in [1.29, 1.82) is 0 Å². The number of hydrogen-bond acceptors (Lipinski definition) is 10. The van der Waals surface area contributed by atoms with E-state index in [-0.39, 0.29) is 9.79 Å². The number of furan rings is 2. The van der Waals surface area contributed by atoms with Gasteiger partial charge in [0.2, 0.25) is 20.0 Å². The molecule has 0 unspecified atom stereocenters. The molecule has 14 heteroatoms. The van der Waals surface area contributed by atoms with E-state index in [4.69, 9.17) is 27.8 Å². The molecule has 0 spiro atoms. The fraction of sp³-hybridized carbons (Fsp3) is 0.231. The zero-order valence-corrected chi connectivity index (χ0v) is 38.6. The summed E-state index contributed by atoms with van der Waals surface area (Å²) in [6.07, 6.45) is 1.49. The van der Waals surface area contributed by atoms with E-state index < -0.39 is 32.1 Å². The van der Waals surface area contributed by atoms with Crippen LogP contribution in [0.25, 0.3) is 21.9 Å². The van der Waals surface area contributed by atoms with Crippen molar-refractivity contribution >= 4 is 42.0 Å². The molecule has 2 aromatic heterocycles. The van der Waals surface area contributed by atoms with Crippen LogP contribution < -0.4 is 28.4 Å². The standard InChI is InChI=1S/2C26H25NO5S/c2*1-17-7-5-8-18(2)25(17)26(24-15-19-9-3-4-10-21(19)32-24)27-33(28,29)20-11-12-22-23(16-20)31-14-6-13-30-22/h2*3-5,7-12,15-16,26-27H,6,13-14H2,1-2H3/t2*26-/m10/s1. The van der Waals surface area contributed by atoms with Gasteiger partial charge in [-0.3, -0.25) is 0 Å². The Morgan fingerprint density at radius 2 is 0.788 bits per heavy atom. The van der Waals surface area contributed by atoms with Gasteiger partial charge >= 0.3 is 0 Å². The van der Waals surface area contributed by atoms with Gasteiger partial charge in [0, 0.05) is 35.7 Å². The SMILES string of the molecule is Cc1cccc(C)c1[C@@H](NS(=O)(=O)c1ccc2c(c1)OCCCO2)c1cc2ccccc2o1.Cc1cccc(C)c1[C@H](NS(=O)(=O)c1ccc2c(c1)OCCCO2)c1cc2ccccc2o1. The first kappa shape index (κ1) is 44.6. The molecule has 0 saturated heterocycles. The van der Waals surface area contributed by atoms with Gasteiger partial charge in [-0.2, -0.15) is 9.44 Å². The van der Waals surface area contributed by atoms with Crippen LogP contribution in [0.15, 0.2) is 152 Å². The van der Waals surface area contributed by atoms with Crippen LogP contribution in [0.2, 0.25) is 0 Å². The molecule has 4 heterocycles. The van der Waals surface area contributed by atoms with E-state index in [1.165, 1.54) is 24.3 Å². The average Bonchev–Trinajstić information content (AvgIpc) is 3.76. The fourth-order valence-corrected chi connectivity index (χ4v) is 10.8. The van der Waals surface area contributed by atoms with Gasteiger partial charge in [-0.25, -0.2) is 16.8 Å². The number of para-hydroxylation sites is 2. The Bertz CT molecular complexity index is 2960.